The summed E-state index contributed by atoms with van der Waals surface area (Å²) < 4.78 is 0. The summed E-state index contributed by atoms with van der Waals surface area (Å²) in [5.41, 5.74) is 0. The summed E-state index contributed by atoms with van der Waals surface area (Å²) >= 11 is 1.66. The van der Waals surface area contributed by atoms with Gasteiger partial charge in [-0.05, 0) is 31.4 Å². The second-order valence-electron chi connectivity index (χ2n) is 3.26. The van der Waals surface area contributed by atoms with E-state index >= 15 is 0 Å². The lowest BCUT2D eigenvalue weighted by Crippen LogP contribution is -1.96. The third-order valence-electron chi connectivity index (χ3n) is 2.20. The van der Waals surface area contributed by atoms with Crippen molar-refractivity contribution >= 4 is 17.1 Å². The van der Waals surface area contributed by atoms with E-state index in [9.17, 15) is 4.79 Å². The molecule has 0 radical (unpaired) electrons. The Hall–Kier alpha value is -0.630. The predicted octanol–water partition coefficient (Wildman–Crippen LogP) is 2.90. The lowest BCUT2D eigenvalue weighted by atomic mass is 10.2. The molecular weight excluding hydrogens is 168 g/mol. The topological polar surface area (TPSA) is 17.1 Å². The third-order valence-corrected chi connectivity index (χ3v) is 3.45. The van der Waals surface area contributed by atoms with Gasteiger partial charge in [-0.15, -0.1) is 11.3 Å². The molecule has 0 aromatic carbocycles. The van der Waals surface area contributed by atoms with Gasteiger partial charge in [-0.3, -0.25) is 4.79 Å². The number of aryl methyl sites for hydroxylation is 1. The second kappa shape index (κ2) is 3.02. The summed E-state index contributed by atoms with van der Waals surface area (Å²) in [6.45, 7) is 2.12. The molecule has 1 fully saturated rings. The minimum Gasteiger partial charge on any atom is -0.293 e. The van der Waals surface area contributed by atoms with E-state index in [-0.39, 0.29) is 0 Å². The summed E-state index contributed by atoms with van der Waals surface area (Å²) in [6, 6.07) is 4.05. The van der Waals surface area contributed by atoms with Crippen LogP contribution in [0.5, 0.6) is 0 Å². The molecule has 0 amide bonds. The van der Waals surface area contributed by atoms with Crippen molar-refractivity contribution in [3.05, 3.63) is 21.9 Å². The van der Waals surface area contributed by atoms with Gasteiger partial charge in [-0.1, -0.05) is 6.92 Å². The molecule has 2 heteroatoms. The maximum atomic E-state index is 11.5. The van der Waals surface area contributed by atoms with E-state index in [0.29, 0.717) is 11.7 Å². The number of carbonyl (C=O) groups is 1. The molecule has 0 atom stereocenters. The van der Waals surface area contributed by atoms with Crippen molar-refractivity contribution in [2.45, 2.75) is 26.2 Å². The smallest absolute Gasteiger partial charge is 0.175 e. The van der Waals surface area contributed by atoms with Crippen molar-refractivity contribution < 1.29 is 4.79 Å². The number of rotatable bonds is 3. The van der Waals surface area contributed by atoms with E-state index in [1.54, 1.807) is 11.3 Å². The Balaban J connectivity index is 2.16. The molecule has 1 aromatic rings. The summed E-state index contributed by atoms with van der Waals surface area (Å²) in [4.78, 5) is 13.8. The average Bonchev–Trinajstić information content (AvgIpc) is 2.82. The SMILES string of the molecule is CCc1ccc(C(=O)C2CC2)s1. The second-order valence-corrected chi connectivity index (χ2v) is 4.43. The summed E-state index contributed by atoms with van der Waals surface area (Å²) in [5.74, 6) is 0.744. The van der Waals surface area contributed by atoms with E-state index in [4.69, 9.17) is 0 Å². The largest absolute Gasteiger partial charge is 0.293 e. The van der Waals surface area contributed by atoms with Crippen LogP contribution in [0.2, 0.25) is 0 Å². The molecule has 1 heterocycles. The Morgan fingerprint density at radius 1 is 1.58 bits per heavy atom. The summed E-state index contributed by atoms with van der Waals surface area (Å²) in [6.07, 6.45) is 3.26. The zero-order valence-electron chi connectivity index (χ0n) is 7.17. The van der Waals surface area contributed by atoms with Gasteiger partial charge in [0.1, 0.15) is 0 Å². The Kier molecular flexibility index (Phi) is 2.01. The molecule has 1 aliphatic rings. The van der Waals surface area contributed by atoms with Crippen LogP contribution in [0.3, 0.4) is 0 Å². The van der Waals surface area contributed by atoms with Gasteiger partial charge >= 0.3 is 0 Å². The average molecular weight is 180 g/mol. The van der Waals surface area contributed by atoms with Gasteiger partial charge < -0.3 is 0 Å². The van der Waals surface area contributed by atoms with Crippen LogP contribution in [0.1, 0.15) is 34.3 Å². The molecule has 1 nitrogen and oxygen atoms in total. The summed E-state index contributed by atoms with van der Waals surface area (Å²) in [5, 5.41) is 0. The van der Waals surface area contributed by atoms with Crippen molar-refractivity contribution in [3.8, 4) is 0 Å². The highest BCUT2D eigenvalue weighted by Crippen LogP contribution is 2.34. The normalized spacial score (nSPS) is 16.4. The van der Waals surface area contributed by atoms with Gasteiger partial charge in [0, 0.05) is 10.8 Å². The zero-order chi connectivity index (χ0) is 8.55. The highest BCUT2D eigenvalue weighted by atomic mass is 32.1. The lowest BCUT2D eigenvalue weighted by molar-refractivity contribution is 0.0971. The number of thiophene rings is 1. The standard InChI is InChI=1S/C10H12OS/c1-2-8-5-6-9(12-8)10(11)7-3-4-7/h5-7H,2-4H2,1H3. The van der Waals surface area contributed by atoms with Crippen molar-refractivity contribution in [2.24, 2.45) is 5.92 Å². The van der Waals surface area contributed by atoms with Crippen molar-refractivity contribution in [1.29, 1.82) is 0 Å². The zero-order valence-corrected chi connectivity index (χ0v) is 7.99. The molecular formula is C10H12OS. The number of hydrogen-bond donors (Lipinski definition) is 0. The number of carbonyl (C=O) groups excluding carboxylic acids is 1. The minimum atomic E-state index is 0.369. The van der Waals surface area contributed by atoms with Crippen molar-refractivity contribution in [1.82, 2.24) is 0 Å². The Labute approximate surface area is 76.4 Å². The first-order chi connectivity index (χ1) is 5.81. The number of hydrogen-bond acceptors (Lipinski definition) is 2. The fourth-order valence-corrected chi connectivity index (χ4v) is 2.21. The van der Waals surface area contributed by atoms with Gasteiger partial charge in [0.05, 0.1) is 4.88 Å². The fourth-order valence-electron chi connectivity index (χ4n) is 1.25. The highest BCUT2D eigenvalue weighted by molar-refractivity contribution is 7.14. The Morgan fingerprint density at radius 2 is 2.33 bits per heavy atom. The van der Waals surface area contributed by atoms with Crippen LogP contribution in [-0.4, -0.2) is 5.78 Å². The molecule has 0 spiro atoms. The Morgan fingerprint density at radius 3 is 2.83 bits per heavy atom. The van der Waals surface area contributed by atoms with Crippen LogP contribution in [-0.2, 0) is 6.42 Å². The lowest BCUT2D eigenvalue weighted by Gasteiger charge is -1.90. The van der Waals surface area contributed by atoms with Crippen molar-refractivity contribution in [2.75, 3.05) is 0 Å². The van der Waals surface area contributed by atoms with E-state index < -0.39 is 0 Å². The van der Waals surface area contributed by atoms with Gasteiger partial charge in [-0.2, -0.15) is 0 Å². The van der Waals surface area contributed by atoms with Crippen LogP contribution in [0, 0.1) is 5.92 Å². The molecule has 0 unspecified atom stereocenters. The molecule has 1 aliphatic carbocycles. The van der Waals surface area contributed by atoms with E-state index in [0.717, 1.165) is 24.1 Å². The first kappa shape index (κ1) is 7.99. The fraction of sp³-hybridized carbons (Fsp3) is 0.500. The summed E-state index contributed by atoms with van der Waals surface area (Å²) in [7, 11) is 0. The number of ketones is 1. The third kappa shape index (κ3) is 1.44. The van der Waals surface area contributed by atoms with Crippen LogP contribution < -0.4 is 0 Å². The first-order valence-corrected chi connectivity index (χ1v) is 5.26. The van der Waals surface area contributed by atoms with Gasteiger partial charge in [0.25, 0.3) is 0 Å². The predicted molar refractivity (Wildman–Crippen MR) is 50.8 cm³/mol. The van der Waals surface area contributed by atoms with Crippen LogP contribution in [0.15, 0.2) is 12.1 Å². The molecule has 64 valence electrons. The molecule has 0 aliphatic heterocycles. The molecule has 1 aromatic heterocycles. The highest BCUT2D eigenvalue weighted by Gasteiger charge is 2.30. The van der Waals surface area contributed by atoms with Gasteiger partial charge in [-0.25, -0.2) is 0 Å². The molecule has 1 saturated carbocycles. The number of Topliss-reactive ketones (excluding diaryl/α,β-unsaturated/α-hetero) is 1. The van der Waals surface area contributed by atoms with E-state index in [2.05, 4.69) is 13.0 Å². The first-order valence-electron chi connectivity index (χ1n) is 4.44. The maximum Gasteiger partial charge on any atom is 0.175 e. The van der Waals surface area contributed by atoms with Crippen LogP contribution in [0.25, 0.3) is 0 Å². The molecule has 12 heavy (non-hydrogen) atoms. The quantitative estimate of drug-likeness (QED) is 0.654. The maximum absolute atomic E-state index is 11.5. The van der Waals surface area contributed by atoms with E-state index in [1.165, 1.54) is 4.88 Å². The Bertz CT molecular complexity index is 297. The molecule has 2 rings (SSSR count). The molecule has 0 N–H and O–H groups in total. The minimum absolute atomic E-state index is 0.369. The van der Waals surface area contributed by atoms with Crippen molar-refractivity contribution in [3.63, 3.8) is 0 Å². The molecule has 0 bridgehead atoms. The van der Waals surface area contributed by atoms with Crippen LogP contribution in [0.4, 0.5) is 0 Å². The van der Waals surface area contributed by atoms with E-state index in [1.807, 2.05) is 6.07 Å². The van der Waals surface area contributed by atoms with Crippen LogP contribution >= 0.6 is 11.3 Å². The van der Waals surface area contributed by atoms with Gasteiger partial charge in [0.2, 0.25) is 0 Å². The molecule has 0 saturated heterocycles. The van der Waals surface area contributed by atoms with Gasteiger partial charge in [0.15, 0.2) is 5.78 Å². The monoisotopic (exact) mass is 180 g/mol.